The van der Waals surface area contributed by atoms with Gasteiger partial charge in [0.1, 0.15) is 0 Å². The summed E-state index contributed by atoms with van der Waals surface area (Å²) in [5.74, 6) is 0. The highest BCUT2D eigenvalue weighted by Crippen LogP contribution is 2.19. The zero-order valence-electron chi connectivity index (χ0n) is 7.33. The molecule has 0 heterocycles. The van der Waals surface area contributed by atoms with Crippen LogP contribution in [0.1, 0.15) is 12.0 Å². The molecule has 0 saturated heterocycles. The van der Waals surface area contributed by atoms with Gasteiger partial charge in [-0.2, -0.15) is 0 Å². The Morgan fingerprint density at radius 1 is 1.38 bits per heavy atom. The van der Waals surface area contributed by atoms with E-state index in [4.69, 9.17) is 23.1 Å². The largest absolute Gasteiger partial charge is 0.398 e. The first-order valence-corrected chi connectivity index (χ1v) is 4.53. The van der Waals surface area contributed by atoms with E-state index in [0.29, 0.717) is 11.6 Å². The SMILES string of the molecule is NCCC=Cc1cc(Cl)ccc1N. The molecule has 0 unspecified atom stereocenters. The number of halogens is 1. The summed E-state index contributed by atoms with van der Waals surface area (Å²) in [6, 6.07) is 5.41. The van der Waals surface area contributed by atoms with E-state index in [-0.39, 0.29) is 0 Å². The van der Waals surface area contributed by atoms with E-state index < -0.39 is 0 Å². The van der Waals surface area contributed by atoms with Crippen molar-refractivity contribution in [3.63, 3.8) is 0 Å². The number of rotatable bonds is 3. The average Bonchev–Trinajstić information content (AvgIpc) is 2.11. The summed E-state index contributed by atoms with van der Waals surface area (Å²) in [5, 5.41) is 0.696. The molecule has 13 heavy (non-hydrogen) atoms. The lowest BCUT2D eigenvalue weighted by Gasteiger charge is -1.99. The lowest BCUT2D eigenvalue weighted by molar-refractivity contribution is 1.01. The molecule has 0 radical (unpaired) electrons. The van der Waals surface area contributed by atoms with Gasteiger partial charge in [0.05, 0.1) is 0 Å². The number of nitrogen functional groups attached to an aromatic ring is 1. The lowest BCUT2D eigenvalue weighted by atomic mass is 10.1. The molecule has 0 atom stereocenters. The minimum Gasteiger partial charge on any atom is -0.398 e. The normalized spacial score (nSPS) is 10.9. The Morgan fingerprint density at radius 2 is 2.15 bits per heavy atom. The van der Waals surface area contributed by atoms with E-state index in [1.807, 2.05) is 18.2 Å². The van der Waals surface area contributed by atoms with Gasteiger partial charge in [-0.25, -0.2) is 0 Å². The van der Waals surface area contributed by atoms with Crippen LogP contribution >= 0.6 is 11.6 Å². The Bertz CT molecular complexity index is 308. The van der Waals surface area contributed by atoms with Crippen molar-refractivity contribution in [3.8, 4) is 0 Å². The van der Waals surface area contributed by atoms with Crippen LogP contribution in [-0.4, -0.2) is 6.54 Å². The van der Waals surface area contributed by atoms with E-state index >= 15 is 0 Å². The van der Waals surface area contributed by atoms with Crippen LogP contribution in [0.3, 0.4) is 0 Å². The average molecular weight is 197 g/mol. The number of nitrogens with two attached hydrogens (primary N) is 2. The quantitative estimate of drug-likeness (QED) is 0.729. The van der Waals surface area contributed by atoms with Crippen molar-refractivity contribution < 1.29 is 0 Å². The van der Waals surface area contributed by atoms with Gasteiger partial charge >= 0.3 is 0 Å². The molecular weight excluding hydrogens is 184 g/mol. The minimum absolute atomic E-state index is 0.650. The highest BCUT2D eigenvalue weighted by Gasteiger charge is 1.94. The molecule has 2 nitrogen and oxygen atoms in total. The molecule has 0 fully saturated rings. The van der Waals surface area contributed by atoms with Gasteiger partial charge in [-0.15, -0.1) is 0 Å². The monoisotopic (exact) mass is 196 g/mol. The van der Waals surface area contributed by atoms with Crippen molar-refractivity contribution >= 4 is 23.4 Å². The summed E-state index contributed by atoms with van der Waals surface area (Å²) >= 11 is 5.82. The van der Waals surface area contributed by atoms with Gasteiger partial charge in [0.2, 0.25) is 0 Å². The van der Waals surface area contributed by atoms with Crippen molar-refractivity contribution in [1.82, 2.24) is 0 Å². The molecule has 0 saturated carbocycles. The molecule has 1 aromatic carbocycles. The lowest BCUT2D eigenvalue weighted by Crippen LogP contribution is -1.95. The van der Waals surface area contributed by atoms with Crippen LogP contribution in [0.5, 0.6) is 0 Å². The number of benzene rings is 1. The third-order valence-corrected chi connectivity index (χ3v) is 1.91. The van der Waals surface area contributed by atoms with Crippen LogP contribution in [0.25, 0.3) is 6.08 Å². The Kier molecular flexibility index (Phi) is 3.80. The van der Waals surface area contributed by atoms with Crippen LogP contribution < -0.4 is 11.5 Å². The molecule has 0 aliphatic carbocycles. The summed E-state index contributed by atoms with van der Waals surface area (Å²) in [7, 11) is 0. The number of hydrogen-bond acceptors (Lipinski definition) is 2. The van der Waals surface area contributed by atoms with Crippen molar-refractivity contribution in [3.05, 3.63) is 34.9 Å². The van der Waals surface area contributed by atoms with Gasteiger partial charge in [0, 0.05) is 10.7 Å². The number of anilines is 1. The van der Waals surface area contributed by atoms with Gasteiger partial charge < -0.3 is 11.5 Å². The molecular formula is C10H13ClN2. The van der Waals surface area contributed by atoms with Crippen molar-refractivity contribution in [1.29, 1.82) is 0 Å². The summed E-state index contributed by atoms with van der Waals surface area (Å²) < 4.78 is 0. The first-order valence-electron chi connectivity index (χ1n) is 4.15. The second kappa shape index (κ2) is 4.90. The zero-order valence-corrected chi connectivity index (χ0v) is 8.09. The molecule has 3 heteroatoms. The van der Waals surface area contributed by atoms with Gasteiger partial charge in [-0.1, -0.05) is 23.8 Å². The van der Waals surface area contributed by atoms with Gasteiger partial charge in [0.25, 0.3) is 0 Å². The summed E-state index contributed by atoms with van der Waals surface area (Å²) in [6.45, 7) is 0.650. The van der Waals surface area contributed by atoms with E-state index in [1.54, 1.807) is 12.1 Å². The van der Waals surface area contributed by atoms with E-state index in [0.717, 1.165) is 17.7 Å². The third kappa shape index (κ3) is 3.09. The first-order chi connectivity index (χ1) is 6.24. The first kappa shape index (κ1) is 10.1. The Balaban J connectivity index is 2.81. The fourth-order valence-corrected chi connectivity index (χ4v) is 1.18. The third-order valence-electron chi connectivity index (χ3n) is 1.68. The summed E-state index contributed by atoms with van der Waals surface area (Å²) in [4.78, 5) is 0. The van der Waals surface area contributed by atoms with E-state index in [9.17, 15) is 0 Å². The predicted molar refractivity (Wildman–Crippen MR) is 58.6 cm³/mol. The Morgan fingerprint density at radius 3 is 2.85 bits per heavy atom. The second-order valence-corrected chi connectivity index (χ2v) is 3.19. The molecule has 0 aromatic heterocycles. The van der Waals surface area contributed by atoms with Crippen LogP contribution in [-0.2, 0) is 0 Å². The smallest absolute Gasteiger partial charge is 0.0413 e. The summed E-state index contributed by atoms with van der Waals surface area (Å²) in [6.07, 6.45) is 4.78. The molecule has 70 valence electrons. The van der Waals surface area contributed by atoms with Crippen LogP contribution in [0, 0.1) is 0 Å². The molecule has 1 rings (SSSR count). The molecule has 0 spiro atoms. The van der Waals surface area contributed by atoms with Crippen LogP contribution in [0.2, 0.25) is 5.02 Å². The highest BCUT2D eigenvalue weighted by atomic mass is 35.5. The van der Waals surface area contributed by atoms with Crippen LogP contribution in [0.4, 0.5) is 5.69 Å². The minimum atomic E-state index is 0.650. The molecule has 1 aromatic rings. The van der Waals surface area contributed by atoms with E-state index in [2.05, 4.69) is 0 Å². The van der Waals surface area contributed by atoms with Gasteiger partial charge in [0.15, 0.2) is 0 Å². The second-order valence-electron chi connectivity index (χ2n) is 2.75. The zero-order chi connectivity index (χ0) is 9.68. The maximum absolute atomic E-state index is 5.82. The molecule has 0 amide bonds. The van der Waals surface area contributed by atoms with Crippen molar-refractivity contribution in [2.24, 2.45) is 5.73 Å². The number of hydrogen-bond donors (Lipinski definition) is 2. The van der Waals surface area contributed by atoms with Crippen molar-refractivity contribution in [2.45, 2.75) is 6.42 Å². The fourth-order valence-electron chi connectivity index (χ4n) is 0.996. The van der Waals surface area contributed by atoms with Gasteiger partial charge in [-0.05, 0) is 36.7 Å². The fraction of sp³-hybridized carbons (Fsp3) is 0.200. The Hall–Kier alpha value is -0.990. The molecule has 0 bridgehead atoms. The Labute approximate surface area is 83.2 Å². The maximum Gasteiger partial charge on any atom is 0.0413 e. The topological polar surface area (TPSA) is 52.0 Å². The molecule has 0 aliphatic rings. The predicted octanol–water partition coefficient (Wildman–Crippen LogP) is 2.28. The molecule has 4 N–H and O–H groups in total. The maximum atomic E-state index is 5.82. The standard InChI is InChI=1S/C10H13ClN2/c11-9-4-5-10(13)8(7-9)3-1-2-6-12/h1,3-5,7H,2,6,12-13H2. The summed E-state index contributed by atoms with van der Waals surface area (Å²) in [5.41, 5.74) is 12.8. The molecule has 0 aliphatic heterocycles. The van der Waals surface area contributed by atoms with Crippen molar-refractivity contribution in [2.75, 3.05) is 12.3 Å². The van der Waals surface area contributed by atoms with Crippen LogP contribution in [0.15, 0.2) is 24.3 Å². The van der Waals surface area contributed by atoms with E-state index in [1.165, 1.54) is 0 Å². The van der Waals surface area contributed by atoms with Gasteiger partial charge in [-0.3, -0.25) is 0 Å². The highest BCUT2D eigenvalue weighted by molar-refractivity contribution is 6.30.